The van der Waals surface area contributed by atoms with Crippen LogP contribution in [0, 0.1) is 5.92 Å². The normalized spacial score (nSPS) is 27.2. The van der Waals surface area contributed by atoms with Crippen molar-refractivity contribution in [3.05, 3.63) is 137 Å². The van der Waals surface area contributed by atoms with Crippen molar-refractivity contribution in [3.8, 4) is 0 Å². The summed E-state index contributed by atoms with van der Waals surface area (Å²) in [4.78, 5) is 2.54. The molecule has 4 atom stereocenters. The summed E-state index contributed by atoms with van der Waals surface area (Å²) in [6, 6.07) is 16.5. The molecule has 37 heavy (non-hydrogen) atoms. The fourth-order valence-corrected chi connectivity index (χ4v) is 6.85. The Morgan fingerprint density at radius 3 is 2.57 bits per heavy atom. The van der Waals surface area contributed by atoms with Crippen molar-refractivity contribution < 1.29 is 0 Å². The van der Waals surface area contributed by atoms with E-state index in [0.717, 1.165) is 19.3 Å². The molecule has 1 heterocycles. The first-order valence-corrected chi connectivity index (χ1v) is 13.9. The Bertz CT molecular complexity index is 1430. The van der Waals surface area contributed by atoms with Crippen molar-refractivity contribution in [1.29, 1.82) is 0 Å². The molecular formula is C35H34N2. The number of rotatable bonds is 4. The number of anilines is 3. The second-order valence-corrected chi connectivity index (χ2v) is 10.9. The van der Waals surface area contributed by atoms with E-state index in [4.69, 9.17) is 0 Å². The number of hydrogen-bond donors (Lipinski definition) is 1. The standard InChI is InChI=1S/C35H34N2/c1-24-18-19-25-10-5-6-13-29(25)34(24)26-20-22-28(23-21-26)37-32-16-8-7-14-30(32)35-31(15-9-17-33(35)37)36-27-11-3-2-4-12-27/h2-3,6-9,11,13-24,30,32,34,36H,4-5,10,12H2,1H3. The van der Waals surface area contributed by atoms with Gasteiger partial charge in [-0.1, -0.05) is 85.9 Å². The summed E-state index contributed by atoms with van der Waals surface area (Å²) in [5.41, 5.74) is 11.0. The summed E-state index contributed by atoms with van der Waals surface area (Å²) in [7, 11) is 0. The molecule has 184 valence electrons. The van der Waals surface area contributed by atoms with E-state index in [1.54, 1.807) is 0 Å². The van der Waals surface area contributed by atoms with Gasteiger partial charge in [-0.15, -0.1) is 0 Å². The Hall–Kier alpha value is -3.78. The smallest absolute Gasteiger partial charge is 0.0630 e. The Morgan fingerprint density at radius 2 is 1.70 bits per heavy atom. The molecule has 1 N–H and O–H groups in total. The van der Waals surface area contributed by atoms with E-state index in [2.05, 4.69) is 126 Å². The average Bonchev–Trinajstić information content (AvgIpc) is 3.29. The van der Waals surface area contributed by atoms with Gasteiger partial charge in [-0.05, 0) is 78.7 Å². The molecule has 5 aliphatic rings. The van der Waals surface area contributed by atoms with Crippen LogP contribution in [0.2, 0.25) is 0 Å². The predicted octanol–water partition coefficient (Wildman–Crippen LogP) is 9.00. The molecular weight excluding hydrogens is 448 g/mol. The molecule has 0 amide bonds. The second kappa shape index (κ2) is 9.27. The highest BCUT2D eigenvalue weighted by atomic mass is 15.2. The minimum atomic E-state index is 0.293. The number of hydrogen-bond acceptors (Lipinski definition) is 2. The van der Waals surface area contributed by atoms with Crippen LogP contribution in [0.3, 0.4) is 0 Å². The maximum atomic E-state index is 3.78. The van der Waals surface area contributed by atoms with Crippen molar-refractivity contribution in [2.45, 2.75) is 50.5 Å². The number of benzene rings is 2. The average molecular weight is 483 g/mol. The van der Waals surface area contributed by atoms with E-state index in [-0.39, 0.29) is 0 Å². The van der Waals surface area contributed by atoms with Crippen LogP contribution in [0.4, 0.5) is 17.1 Å². The van der Waals surface area contributed by atoms with Gasteiger partial charge in [0.2, 0.25) is 0 Å². The van der Waals surface area contributed by atoms with Crippen LogP contribution in [0.5, 0.6) is 0 Å². The van der Waals surface area contributed by atoms with Crippen LogP contribution < -0.4 is 10.2 Å². The first-order chi connectivity index (χ1) is 18.3. The topological polar surface area (TPSA) is 15.3 Å². The summed E-state index contributed by atoms with van der Waals surface area (Å²) in [6.07, 6.45) is 29.8. The Kier molecular flexibility index (Phi) is 5.61. The van der Waals surface area contributed by atoms with E-state index in [1.165, 1.54) is 51.5 Å². The summed E-state index contributed by atoms with van der Waals surface area (Å²) >= 11 is 0. The van der Waals surface area contributed by atoms with Crippen LogP contribution in [0.1, 0.15) is 55.6 Å². The molecule has 0 saturated carbocycles. The van der Waals surface area contributed by atoms with Crippen LogP contribution >= 0.6 is 0 Å². The molecule has 7 rings (SSSR count). The molecule has 0 fully saturated rings. The summed E-state index contributed by atoms with van der Waals surface area (Å²) in [5, 5.41) is 3.78. The monoisotopic (exact) mass is 482 g/mol. The molecule has 2 heteroatoms. The van der Waals surface area contributed by atoms with Gasteiger partial charge in [0.25, 0.3) is 0 Å². The zero-order chi connectivity index (χ0) is 24.8. The fraction of sp³-hybridized carbons (Fsp3) is 0.257. The van der Waals surface area contributed by atoms with Crippen molar-refractivity contribution in [2.24, 2.45) is 5.92 Å². The van der Waals surface area contributed by atoms with Gasteiger partial charge in [-0.3, -0.25) is 0 Å². The lowest BCUT2D eigenvalue weighted by molar-refractivity contribution is 0.602. The van der Waals surface area contributed by atoms with Gasteiger partial charge in [0, 0.05) is 40.2 Å². The van der Waals surface area contributed by atoms with E-state index < -0.39 is 0 Å². The van der Waals surface area contributed by atoms with Crippen molar-refractivity contribution in [1.82, 2.24) is 0 Å². The number of fused-ring (bicyclic) bond motifs is 3. The zero-order valence-electron chi connectivity index (χ0n) is 21.5. The fourth-order valence-electron chi connectivity index (χ4n) is 6.85. The molecule has 4 unspecified atom stereocenters. The molecule has 1 aliphatic heterocycles. The zero-order valence-corrected chi connectivity index (χ0v) is 21.5. The first-order valence-electron chi connectivity index (χ1n) is 13.9. The van der Waals surface area contributed by atoms with Gasteiger partial charge in [-0.2, -0.15) is 0 Å². The minimum absolute atomic E-state index is 0.293. The lowest BCUT2D eigenvalue weighted by Gasteiger charge is -2.32. The number of allylic oxidation sites excluding steroid dienone is 12. The molecule has 0 bridgehead atoms. The van der Waals surface area contributed by atoms with Gasteiger partial charge in [0.05, 0.1) is 6.04 Å². The van der Waals surface area contributed by atoms with Gasteiger partial charge >= 0.3 is 0 Å². The SMILES string of the molecule is CC1C=CC2=C(C=CCC2)C1c1ccc(N2c3cccc(NC4=CC=CCC4)c3C3C=CC=CC32)cc1. The number of nitrogens with one attached hydrogen (secondary N) is 1. The highest BCUT2D eigenvalue weighted by Crippen LogP contribution is 2.51. The maximum absolute atomic E-state index is 3.78. The summed E-state index contributed by atoms with van der Waals surface area (Å²) < 4.78 is 0. The van der Waals surface area contributed by atoms with Crippen molar-refractivity contribution in [3.63, 3.8) is 0 Å². The van der Waals surface area contributed by atoms with Gasteiger partial charge in [0.1, 0.15) is 0 Å². The van der Waals surface area contributed by atoms with E-state index in [9.17, 15) is 0 Å². The van der Waals surface area contributed by atoms with Crippen LogP contribution in [0.25, 0.3) is 0 Å². The van der Waals surface area contributed by atoms with Crippen LogP contribution in [-0.4, -0.2) is 6.04 Å². The molecule has 2 aromatic rings. The molecule has 2 aromatic carbocycles. The van der Waals surface area contributed by atoms with E-state index >= 15 is 0 Å². The van der Waals surface area contributed by atoms with E-state index in [0.29, 0.717) is 23.8 Å². The van der Waals surface area contributed by atoms with Crippen LogP contribution in [-0.2, 0) is 0 Å². The Labute approximate surface area is 220 Å². The third-order valence-electron chi connectivity index (χ3n) is 8.63. The molecule has 4 aliphatic carbocycles. The highest BCUT2D eigenvalue weighted by molar-refractivity contribution is 5.81. The molecule has 0 radical (unpaired) electrons. The Balaban J connectivity index is 1.25. The predicted molar refractivity (Wildman–Crippen MR) is 156 cm³/mol. The van der Waals surface area contributed by atoms with Gasteiger partial charge in [0.15, 0.2) is 0 Å². The number of nitrogens with zero attached hydrogens (tertiary/aromatic N) is 1. The largest absolute Gasteiger partial charge is 0.359 e. The van der Waals surface area contributed by atoms with Gasteiger partial charge in [-0.25, -0.2) is 0 Å². The molecule has 0 aromatic heterocycles. The molecule has 2 nitrogen and oxygen atoms in total. The summed E-state index contributed by atoms with van der Waals surface area (Å²) in [6.45, 7) is 2.36. The third kappa shape index (κ3) is 3.87. The second-order valence-electron chi connectivity index (χ2n) is 10.9. The van der Waals surface area contributed by atoms with Crippen LogP contribution in [0.15, 0.2) is 126 Å². The van der Waals surface area contributed by atoms with Crippen molar-refractivity contribution >= 4 is 17.1 Å². The third-order valence-corrected chi connectivity index (χ3v) is 8.63. The van der Waals surface area contributed by atoms with Gasteiger partial charge < -0.3 is 10.2 Å². The highest BCUT2D eigenvalue weighted by Gasteiger charge is 2.39. The molecule has 0 saturated heterocycles. The minimum Gasteiger partial charge on any atom is -0.359 e. The maximum Gasteiger partial charge on any atom is 0.0630 e. The lowest BCUT2D eigenvalue weighted by atomic mass is 9.74. The van der Waals surface area contributed by atoms with E-state index in [1.807, 2.05) is 0 Å². The molecule has 0 spiro atoms. The van der Waals surface area contributed by atoms with Crippen molar-refractivity contribution in [2.75, 3.05) is 10.2 Å². The summed E-state index contributed by atoms with van der Waals surface area (Å²) in [5.74, 6) is 1.29. The Morgan fingerprint density at radius 1 is 0.838 bits per heavy atom. The first kappa shape index (κ1) is 22.4. The lowest BCUT2D eigenvalue weighted by Crippen LogP contribution is -2.28. The quantitative estimate of drug-likeness (QED) is 0.468.